The van der Waals surface area contributed by atoms with Crippen molar-refractivity contribution in [3.8, 4) is 22.9 Å². The number of sulfonamides is 1. The van der Waals surface area contributed by atoms with Crippen LogP contribution in [0.5, 0.6) is 11.6 Å². The highest BCUT2D eigenvalue weighted by Gasteiger charge is 2.19. The average molecular weight is 547 g/mol. The number of benzene rings is 2. The first kappa shape index (κ1) is 26.8. The molecule has 2 aromatic carbocycles. The lowest BCUT2D eigenvalue weighted by Gasteiger charge is -2.23. The van der Waals surface area contributed by atoms with Gasteiger partial charge in [-0.25, -0.2) is 23.4 Å². The average Bonchev–Trinajstić information content (AvgIpc) is 2.90. The normalized spacial score (nSPS) is 15.8. The number of nitrogens with one attached hydrogen (secondary N) is 3. The van der Waals surface area contributed by atoms with Crippen LogP contribution in [0.3, 0.4) is 0 Å². The zero-order valence-corrected chi connectivity index (χ0v) is 23.3. The molecule has 10 heteroatoms. The Hall–Kier alpha value is -3.76. The lowest BCUT2D eigenvalue weighted by Crippen LogP contribution is -2.38. The Morgan fingerprint density at radius 1 is 1.05 bits per heavy atom. The molecule has 9 nitrogen and oxygen atoms in total. The highest BCUT2D eigenvalue weighted by atomic mass is 32.2. The lowest BCUT2D eigenvalue weighted by atomic mass is 10.0. The number of anilines is 2. The van der Waals surface area contributed by atoms with Crippen LogP contribution in [0.2, 0.25) is 0 Å². The maximum atomic E-state index is 12.7. The van der Waals surface area contributed by atoms with Gasteiger partial charge < -0.3 is 15.4 Å². The molecule has 39 heavy (non-hydrogen) atoms. The van der Waals surface area contributed by atoms with Crippen molar-refractivity contribution < 1.29 is 13.2 Å². The number of hydrogen-bond acceptors (Lipinski definition) is 8. The van der Waals surface area contributed by atoms with E-state index >= 15 is 0 Å². The van der Waals surface area contributed by atoms with Crippen molar-refractivity contribution in [2.24, 2.45) is 5.92 Å². The van der Waals surface area contributed by atoms with E-state index in [0.717, 1.165) is 47.8 Å². The smallest absolute Gasteiger partial charge is 0.232 e. The molecule has 0 bridgehead atoms. The largest absolute Gasteiger partial charge is 0.437 e. The fourth-order valence-electron chi connectivity index (χ4n) is 4.81. The standard InChI is InChI=1S/C29H34N6O3S/c1-19(2)18-39(36,37)35-26-10-4-8-23-22(26)12-11-20(3)27(23)38-28-24(9-6-15-31-28)25-13-16-32-29(34-25)33-21-7-5-14-30-17-21/h4,6,8-13,15-16,19,21,30,35H,5,7,14,17-18H2,1-3H3,(H,32,33,34)/t21-/m0/s1. The summed E-state index contributed by atoms with van der Waals surface area (Å²) >= 11 is 0. The van der Waals surface area contributed by atoms with Crippen LogP contribution < -0.4 is 20.1 Å². The van der Waals surface area contributed by atoms with Crippen LogP contribution in [0.4, 0.5) is 11.6 Å². The monoisotopic (exact) mass is 546 g/mol. The number of rotatable bonds is 9. The summed E-state index contributed by atoms with van der Waals surface area (Å²) in [7, 11) is -3.49. The minimum absolute atomic E-state index is 0.0121. The van der Waals surface area contributed by atoms with Crippen molar-refractivity contribution in [1.29, 1.82) is 0 Å². The van der Waals surface area contributed by atoms with Crippen molar-refractivity contribution in [3.63, 3.8) is 0 Å². The summed E-state index contributed by atoms with van der Waals surface area (Å²) in [5, 5.41) is 8.36. The summed E-state index contributed by atoms with van der Waals surface area (Å²) in [5.41, 5.74) is 2.84. The number of nitrogens with zero attached hydrogens (tertiary/aromatic N) is 3. The van der Waals surface area contributed by atoms with Crippen LogP contribution in [0.25, 0.3) is 22.0 Å². The third-order valence-corrected chi connectivity index (χ3v) is 8.20. The van der Waals surface area contributed by atoms with Crippen molar-refractivity contribution >= 4 is 32.4 Å². The fraction of sp³-hybridized carbons (Fsp3) is 0.345. The Bertz CT molecular complexity index is 1570. The Kier molecular flexibility index (Phi) is 7.94. The SMILES string of the molecule is Cc1ccc2c(NS(=O)(=O)CC(C)C)cccc2c1Oc1ncccc1-c1ccnc(N[C@H]2CCCNC2)n1. The Balaban J connectivity index is 1.48. The van der Waals surface area contributed by atoms with E-state index in [-0.39, 0.29) is 17.7 Å². The van der Waals surface area contributed by atoms with Gasteiger partial charge in [-0.1, -0.05) is 38.1 Å². The third kappa shape index (κ3) is 6.46. The number of pyridine rings is 1. The predicted molar refractivity (Wildman–Crippen MR) is 156 cm³/mol. The highest BCUT2D eigenvalue weighted by Crippen LogP contribution is 2.38. The number of aryl methyl sites for hydroxylation is 1. The molecule has 0 amide bonds. The van der Waals surface area contributed by atoms with Crippen molar-refractivity contribution in [2.45, 2.75) is 39.7 Å². The first-order chi connectivity index (χ1) is 18.8. The quantitative estimate of drug-likeness (QED) is 0.257. The number of hydrogen-bond donors (Lipinski definition) is 3. The summed E-state index contributed by atoms with van der Waals surface area (Å²) in [6.07, 6.45) is 5.59. The molecule has 0 saturated carbocycles. The van der Waals surface area contributed by atoms with Crippen LogP contribution in [-0.2, 0) is 10.0 Å². The topological polar surface area (TPSA) is 118 Å². The van der Waals surface area contributed by atoms with Crippen LogP contribution in [0.1, 0.15) is 32.3 Å². The van der Waals surface area contributed by atoms with Gasteiger partial charge >= 0.3 is 0 Å². The molecule has 4 aromatic rings. The summed E-state index contributed by atoms with van der Waals surface area (Å²) in [5.74, 6) is 1.64. The van der Waals surface area contributed by atoms with Gasteiger partial charge in [-0.05, 0) is 62.1 Å². The Morgan fingerprint density at radius 3 is 2.72 bits per heavy atom. The van der Waals surface area contributed by atoms with Gasteiger partial charge in [0.25, 0.3) is 0 Å². The lowest BCUT2D eigenvalue weighted by molar-refractivity contribution is 0.466. The molecular formula is C29H34N6O3S. The fourth-order valence-corrected chi connectivity index (χ4v) is 6.29. The molecule has 0 radical (unpaired) electrons. The van der Waals surface area contributed by atoms with Gasteiger partial charge in [0.15, 0.2) is 0 Å². The molecule has 1 fully saturated rings. The molecule has 1 aliphatic rings. The molecule has 0 unspecified atom stereocenters. The predicted octanol–water partition coefficient (Wildman–Crippen LogP) is 5.35. The molecule has 1 saturated heterocycles. The zero-order chi connectivity index (χ0) is 27.4. The van der Waals surface area contributed by atoms with Crippen LogP contribution in [-0.4, -0.2) is 48.3 Å². The second-order valence-electron chi connectivity index (χ2n) is 10.3. The van der Waals surface area contributed by atoms with Gasteiger partial charge in [-0.15, -0.1) is 0 Å². The summed E-state index contributed by atoms with van der Waals surface area (Å²) in [6.45, 7) is 7.63. The van der Waals surface area contributed by atoms with E-state index in [0.29, 0.717) is 29.0 Å². The first-order valence-corrected chi connectivity index (χ1v) is 14.9. The van der Waals surface area contributed by atoms with Crippen LogP contribution in [0, 0.1) is 12.8 Å². The van der Waals surface area contributed by atoms with E-state index in [2.05, 4.69) is 25.3 Å². The zero-order valence-electron chi connectivity index (χ0n) is 22.4. The van der Waals surface area contributed by atoms with Gasteiger partial charge in [0.1, 0.15) is 5.75 Å². The van der Waals surface area contributed by atoms with E-state index in [4.69, 9.17) is 9.72 Å². The number of piperidine rings is 1. The van der Waals surface area contributed by atoms with Gasteiger partial charge in [-0.3, -0.25) is 4.72 Å². The van der Waals surface area contributed by atoms with Gasteiger partial charge in [-0.2, -0.15) is 0 Å². The molecule has 3 N–H and O–H groups in total. The molecule has 0 spiro atoms. The summed E-state index contributed by atoms with van der Waals surface area (Å²) in [6, 6.07) is 15.2. The maximum absolute atomic E-state index is 12.7. The molecule has 3 heterocycles. The van der Waals surface area contributed by atoms with Crippen LogP contribution >= 0.6 is 0 Å². The van der Waals surface area contributed by atoms with E-state index in [1.54, 1.807) is 18.5 Å². The second kappa shape index (κ2) is 11.5. The minimum atomic E-state index is -3.49. The Labute approximate surface area is 229 Å². The maximum Gasteiger partial charge on any atom is 0.232 e. The van der Waals surface area contributed by atoms with E-state index in [1.807, 2.05) is 63.2 Å². The summed E-state index contributed by atoms with van der Waals surface area (Å²) in [4.78, 5) is 13.7. The first-order valence-electron chi connectivity index (χ1n) is 13.3. The van der Waals surface area contributed by atoms with Crippen LogP contribution in [0.15, 0.2) is 60.9 Å². The number of fused-ring (bicyclic) bond motifs is 1. The Morgan fingerprint density at radius 2 is 1.92 bits per heavy atom. The minimum Gasteiger partial charge on any atom is -0.437 e. The van der Waals surface area contributed by atoms with Gasteiger partial charge in [0.2, 0.25) is 21.9 Å². The molecule has 1 aliphatic heterocycles. The van der Waals surface area contributed by atoms with E-state index in [1.165, 1.54) is 0 Å². The van der Waals surface area contributed by atoms with Crippen molar-refractivity contribution in [3.05, 3.63) is 66.5 Å². The van der Waals surface area contributed by atoms with E-state index in [9.17, 15) is 8.42 Å². The highest BCUT2D eigenvalue weighted by molar-refractivity contribution is 7.92. The number of aromatic nitrogens is 3. The van der Waals surface area contributed by atoms with E-state index < -0.39 is 10.0 Å². The molecular weight excluding hydrogens is 512 g/mol. The molecule has 0 aliphatic carbocycles. The van der Waals surface area contributed by atoms with Gasteiger partial charge in [0.05, 0.1) is 22.7 Å². The van der Waals surface area contributed by atoms with Crippen molar-refractivity contribution in [1.82, 2.24) is 20.3 Å². The molecule has 1 atom stereocenters. The number of ether oxygens (including phenoxy) is 1. The summed E-state index contributed by atoms with van der Waals surface area (Å²) < 4.78 is 34.6. The van der Waals surface area contributed by atoms with Gasteiger partial charge in [0, 0.05) is 35.8 Å². The second-order valence-corrected chi connectivity index (χ2v) is 12.1. The molecule has 204 valence electrons. The van der Waals surface area contributed by atoms with Crippen molar-refractivity contribution in [2.75, 3.05) is 28.9 Å². The molecule has 2 aromatic heterocycles. The third-order valence-electron chi connectivity index (χ3n) is 6.56. The molecule has 5 rings (SSSR count).